The van der Waals surface area contributed by atoms with Crippen molar-refractivity contribution in [1.82, 2.24) is 0 Å². The van der Waals surface area contributed by atoms with Crippen LogP contribution in [-0.2, 0) is 22.6 Å². The van der Waals surface area contributed by atoms with Crippen LogP contribution < -0.4 is 0 Å². The van der Waals surface area contributed by atoms with Crippen molar-refractivity contribution < 1.29 is 9.53 Å². The van der Waals surface area contributed by atoms with Crippen molar-refractivity contribution in [2.75, 3.05) is 0 Å². The van der Waals surface area contributed by atoms with Gasteiger partial charge >= 0.3 is 5.97 Å². The predicted molar refractivity (Wildman–Crippen MR) is 83.2 cm³/mol. The Morgan fingerprint density at radius 1 is 1.20 bits per heavy atom. The highest BCUT2D eigenvalue weighted by atomic mass is 16.5. The van der Waals surface area contributed by atoms with Gasteiger partial charge in [-0.15, -0.1) is 0 Å². The highest BCUT2D eigenvalue weighted by Gasteiger charge is 2.05. The van der Waals surface area contributed by atoms with E-state index in [1.54, 1.807) is 0 Å². The lowest BCUT2D eigenvalue weighted by Gasteiger charge is -2.10. The van der Waals surface area contributed by atoms with Gasteiger partial charge in [0.2, 0.25) is 0 Å². The Morgan fingerprint density at radius 3 is 2.50 bits per heavy atom. The van der Waals surface area contributed by atoms with E-state index < -0.39 is 5.97 Å². The number of allylic oxidation sites excluding steroid dienone is 5. The lowest BCUT2D eigenvalue weighted by molar-refractivity contribution is -0.138. The third kappa shape index (κ3) is 5.11. The van der Waals surface area contributed by atoms with E-state index in [1.807, 2.05) is 55.5 Å². The average molecular weight is 268 g/mol. The molecule has 0 saturated carbocycles. The molecule has 0 aliphatic rings. The lowest BCUT2D eigenvalue weighted by atomic mass is 10.00. The molecule has 0 aliphatic carbocycles. The SMILES string of the molecule is C=CC(=O)OCc1ccccc1C/C(C=C)=C/C=C\C. The maximum atomic E-state index is 11.1. The standard InChI is InChI=1S/C18H20O2/c1-4-7-10-15(5-2)13-16-11-8-9-12-17(16)14-20-18(19)6-3/h4-12H,2-3,13-14H2,1H3/b7-4-,15-10+. The third-order valence-corrected chi connectivity index (χ3v) is 2.81. The molecule has 0 spiro atoms. The van der Waals surface area contributed by atoms with Gasteiger partial charge in [-0.25, -0.2) is 4.79 Å². The molecule has 104 valence electrons. The number of esters is 1. The molecule has 0 saturated heterocycles. The van der Waals surface area contributed by atoms with Gasteiger partial charge in [0.1, 0.15) is 6.61 Å². The summed E-state index contributed by atoms with van der Waals surface area (Å²) in [6, 6.07) is 7.90. The molecule has 0 aliphatic heterocycles. The lowest BCUT2D eigenvalue weighted by Crippen LogP contribution is -2.03. The van der Waals surface area contributed by atoms with Crippen molar-refractivity contribution in [3.8, 4) is 0 Å². The second-order valence-corrected chi connectivity index (χ2v) is 4.23. The first-order chi connectivity index (χ1) is 9.71. The summed E-state index contributed by atoms with van der Waals surface area (Å²) >= 11 is 0. The Bertz CT molecular complexity index is 536. The van der Waals surface area contributed by atoms with Gasteiger partial charge in [0.05, 0.1) is 0 Å². The fourth-order valence-electron chi connectivity index (χ4n) is 1.72. The molecule has 2 heteroatoms. The largest absolute Gasteiger partial charge is 0.458 e. The Morgan fingerprint density at radius 2 is 1.90 bits per heavy atom. The van der Waals surface area contributed by atoms with E-state index >= 15 is 0 Å². The molecule has 0 atom stereocenters. The minimum Gasteiger partial charge on any atom is -0.458 e. The Balaban J connectivity index is 2.86. The zero-order valence-electron chi connectivity index (χ0n) is 11.8. The summed E-state index contributed by atoms with van der Waals surface area (Å²) in [6.45, 7) is 9.44. The van der Waals surface area contributed by atoms with Crippen LogP contribution in [0.2, 0.25) is 0 Å². The van der Waals surface area contributed by atoms with Gasteiger partial charge in [0.15, 0.2) is 0 Å². The van der Waals surface area contributed by atoms with Crippen LogP contribution in [0.15, 0.2) is 73.4 Å². The summed E-state index contributed by atoms with van der Waals surface area (Å²) in [5.41, 5.74) is 3.24. The maximum absolute atomic E-state index is 11.1. The maximum Gasteiger partial charge on any atom is 0.330 e. The molecule has 2 nitrogen and oxygen atoms in total. The first-order valence-corrected chi connectivity index (χ1v) is 6.51. The zero-order valence-corrected chi connectivity index (χ0v) is 11.8. The topological polar surface area (TPSA) is 26.3 Å². The van der Waals surface area contributed by atoms with Gasteiger partial charge in [-0.05, 0) is 30.0 Å². The molecule has 20 heavy (non-hydrogen) atoms. The van der Waals surface area contributed by atoms with Crippen LogP contribution >= 0.6 is 0 Å². The van der Waals surface area contributed by atoms with E-state index in [4.69, 9.17) is 4.74 Å². The second kappa shape index (κ2) is 8.70. The zero-order chi connectivity index (χ0) is 14.8. The van der Waals surface area contributed by atoms with E-state index in [0.29, 0.717) is 0 Å². The molecule has 1 aromatic carbocycles. The summed E-state index contributed by atoms with van der Waals surface area (Å²) in [5.74, 6) is -0.409. The molecule has 0 aromatic heterocycles. The Kier molecular flexibility index (Phi) is 6.83. The summed E-state index contributed by atoms with van der Waals surface area (Å²) in [6.07, 6.45) is 9.75. The van der Waals surface area contributed by atoms with E-state index in [-0.39, 0.29) is 6.61 Å². The molecule has 0 amide bonds. The molecule has 0 fully saturated rings. The van der Waals surface area contributed by atoms with Crippen LogP contribution in [0.3, 0.4) is 0 Å². The highest BCUT2D eigenvalue weighted by Crippen LogP contribution is 2.16. The Labute approximate surface area is 120 Å². The van der Waals surface area contributed by atoms with Crippen LogP contribution in [0, 0.1) is 0 Å². The minimum absolute atomic E-state index is 0.259. The number of carbonyl (C=O) groups excluding carboxylic acids is 1. The fraction of sp³-hybridized carbons (Fsp3) is 0.167. The molecule has 0 unspecified atom stereocenters. The summed E-state index contributed by atoms with van der Waals surface area (Å²) in [5, 5.41) is 0. The van der Waals surface area contributed by atoms with Gasteiger partial charge < -0.3 is 4.74 Å². The van der Waals surface area contributed by atoms with E-state index in [1.165, 1.54) is 6.08 Å². The van der Waals surface area contributed by atoms with Crippen LogP contribution in [0.1, 0.15) is 18.1 Å². The first-order valence-electron chi connectivity index (χ1n) is 6.51. The highest BCUT2D eigenvalue weighted by molar-refractivity contribution is 5.81. The normalized spacial score (nSPS) is 11.3. The number of hydrogen-bond donors (Lipinski definition) is 0. The van der Waals surface area contributed by atoms with E-state index in [0.717, 1.165) is 23.1 Å². The van der Waals surface area contributed by atoms with Gasteiger partial charge in [0, 0.05) is 6.08 Å². The second-order valence-electron chi connectivity index (χ2n) is 4.23. The number of rotatable bonds is 7. The van der Waals surface area contributed by atoms with E-state index in [9.17, 15) is 4.79 Å². The molecule has 0 bridgehead atoms. The van der Waals surface area contributed by atoms with Crippen LogP contribution in [0.4, 0.5) is 0 Å². The number of hydrogen-bond acceptors (Lipinski definition) is 2. The van der Waals surface area contributed by atoms with Crippen molar-refractivity contribution in [2.45, 2.75) is 20.0 Å². The number of benzene rings is 1. The Hall–Kier alpha value is -2.35. The predicted octanol–water partition coefficient (Wildman–Crippen LogP) is 4.15. The van der Waals surface area contributed by atoms with Gasteiger partial charge in [-0.3, -0.25) is 0 Å². The van der Waals surface area contributed by atoms with Crippen molar-refractivity contribution in [3.63, 3.8) is 0 Å². The van der Waals surface area contributed by atoms with Crippen LogP contribution in [0.25, 0.3) is 0 Å². The van der Waals surface area contributed by atoms with E-state index in [2.05, 4.69) is 13.2 Å². The summed E-state index contributed by atoms with van der Waals surface area (Å²) in [7, 11) is 0. The van der Waals surface area contributed by atoms with Crippen LogP contribution in [0.5, 0.6) is 0 Å². The van der Waals surface area contributed by atoms with Crippen molar-refractivity contribution in [3.05, 3.63) is 84.5 Å². The van der Waals surface area contributed by atoms with Gasteiger partial charge in [-0.2, -0.15) is 0 Å². The number of carbonyl (C=O) groups is 1. The fourth-order valence-corrected chi connectivity index (χ4v) is 1.72. The van der Waals surface area contributed by atoms with Gasteiger partial charge in [0.25, 0.3) is 0 Å². The van der Waals surface area contributed by atoms with Crippen molar-refractivity contribution in [1.29, 1.82) is 0 Å². The van der Waals surface area contributed by atoms with Gasteiger partial charge in [-0.1, -0.05) is 61.7 Å². The molecule has 0 radical (unpaired) electrons. The summed E-state index contributed by atoms with van der Waals surface area (Å²) < 4.78 is 5.10. The monoisotopic (exact) mass is 268 g/mol. The minimum atomic E-state index is -0.409. The first kappa shape index (κ1) is 15.7. The molecular formula is C18H20O2. The third-order valence-electron chi connectivity index (χ3n) is 2.81. The quantitative estimate of drug-likeness (QED) is 0.422. The van der Waals surface area contributed by atoms with Crippen molar-refractivity contribution in [2.24, 2.45) is 0 Å². The molecule has 0 heterocycles. The molecular weight excluding hydrogens is 248 g/mol. The molecule has 1 rings (SSSR count). The molecule has 0 N–H and O–H groups in total. The average Bonchev–Trinajstić information content (AvgIpc) is 2.49. The number of ether oxygens (including phenoxy) is 1. The summed E-state index contributed by atoms with van der Waals surface area (Å²) in [4.78, 5) is 11.1. The van der Waals surface area contributed by atoms with Crippen molar-refractivity contribution >= 4 is 5.97 Å². The molecule has 1 aromatic rings. The smallest absolute Gasteiger partial charge is 0.330 e. The van der Waals surface area contributed by atoms with Crippen LogP contribution in [-0.4, -0.2) is 5.97 Å².